The van der Waals surface area contributed by atoms with Gasteiger partial charge in [0.05, 0.1) is 8.31 Å². The first kappa shape index (κ1) is 9.74. The summed E-state index contributed by atoms with van der Waals surface area (Å²) in [6, 6.07) is 9.16. The van der Waals surface area contributed by atoms with E-state index in [1.165, 1.54) is 5.56 Å². The van der Waals surface area contributed by atoms with Crippen molar-refractivity contribution in [2.24, 2.45) is 0 Å². The first-order chi connectivity index (χ1) is 5.61. The van der Waals surface area contributed by atoms with Gasteiger partial charge in [0.15, 0.2) is 0 Å². The molecule has 0 aromatic heterocycles. The molecular formula is C10H18Si2. The lowest BCUT2D eigenvalue weighted by atomic mass is 10.2. The van der Waals surface area contributed by atoms with E-state index in [2.05, 4.69) is 50.8 Å². The summed E-state index contributed by atoms with van der Waals surface area (Å²) in [5, 5.41) is 1.65. The minimum absolute atomic E-state index is 0.368. The molecule has 0 heterocycles. The molecular weight excluding hydrogens is 176 g/mol. The molecule has 1 aromatic rings. The third-order valence-electron chi connectivity index (χ3n) is 2.60. The Morgan fingerprint density at radius 2 is 1.42 bits per heavy atom. The zero-order valence-electron chi connectivity index (χ0n) is 8.46. The minimum atomic E-state index is -0.515. The molecule has 0 nitrogen and oxygen atoms in total. The van der Waals surface area contributed by atoms with Gasteiger partial charge >= 0.3 is 0 Å². The summed E-state index contributed by atoms with van der Waals surface area (Å²) in [5.74, 6) is 0. The predicted molar refractivity (Wildman–Crippen MR) is 62.7 cm³/mol. The SMILES string of the molecule is Cc1ccc([SiH](C)[SiH](C)C)cc1. The van der Waals surface area contributed by atoms with Crippen LogP contribution in [0, 0.1) is 6.92 Å². The van der Waals surface area contributed by atoms with Crippen LogP contribution in [0.5, 0.6) is 0 Å². The second-order valence-electron chi connectivity index (χ2n) is 3.94. The number of hydrogen-bond acceptors (Lipinski definition) is 0. The Bertz CT molecular complexity index is 239. The summed E-state index contributed by atoms with van der Waals surface area (Å²) in [6.07, 6.45) is 0. The van der Waals surface area contributed by atoms with Crippen LogP contribution in [0.1, 0.15) is 5.56 Å². The molecule has 0 aliphatic rings. The minimum Gasteiger partial charge on any atom is -0.0740 e. The van der Waals surface area contributed by atoms with Gasteiger partial charge in [0.25, 0.3) is 0 Å². The number of hydrogen-bond donors (Lipinski definition) is 0. The van der Waals surface area contributed by atoms with Crippen LogP contribution in [0.25, 0.3) is 0 Å². The van der Waals surface area contributed by atoms with Crippen LogP contribution in [0.4, 0.5) is 0 Å². The fraction of sp³-hybridized carbons (Fsp3) is 0.400. The van der Waals surface area contributed by atoms with Crippen LogP contribution < -0.4 is 5.19 Å². The second-order valence-corrected chi connectivity index (χ2v) is 15.7. The molecule has 0 bridgehead atoms. The van der Waals surface area contributed by atoms with Crippen LogP contribution in [-0.2, 0) is 0 Å². The highest BCUT2D eigenvalue weighted by Crippen LogP contribution is 1.97. The molecule has 0 saturated carbocycles. The molecule has 1 aromatic carbocycles. The third kappa shape index (κ3) is 2.32. The Balaban J connectivity index is 2.82. The van der Waals surface area contributed by atoms with Crippen LogP contribution >= 0.6 is 0 Å². The highest BCUT2D eigenvalue weighted by atomic mass is 29.2. The molecule has 1 unspecified atom stereocenters. The zero-order chi connectivity index (χ0) is 9.14. The quantitative estimate of drug-likeness (QED) is 0.628. The number of aryl methyl sites for hydroxylation is 1. The van der Waals surface area contributed by atoms with Gasteiger partial charge in [0, 0.05) is 8.31 Å². The lowest BCUT2D eigenvalue weighted by Crippen LogP contribution is -2.38. The summed E-state index contributed by atoms with van der Waals surface area (Å²) in [6.45, 7) is 9.58. The van der Waals surface area contributed by atoms with E-state index in [1.807, 2.05) is 0 Å². The van der Waals surface area contributed by atoms with Gasteiger partial charge in [-0.1, -0.05) is 54.7 Å². The highest BCUT2D eigenvalue weighted by Gasteiger charge is 2.11. The largest absolute Gasteiger partial charge is 0.0740 e. The van der Waals surface area contributed by atoms with Crippen molar-refractivity contribution in [3.63, 3.8) is 0 Å². The van der Waals surface area contributed by atoms with Crippen LogP contribution in [-0.4, -0.2) is 16.6 Å². The highest BCUT2D eigenvalue weighted by molar-refractivity contribution is 7.26. The van der Waals surface area contributed by atoms with Gasteiger partial charge in [0.1, 0.15) is 0 Å². The van der Waals surface area contributed by atoms with Crippen molar-refractivity contribution in [2.45, 2.75) is 26.6 Å². The molecule has 0 amide bonds. The van der Waals surface area contributed by atoms with E-state index in [0.717, 1.165) is 0 Å². The van der Waals surface area contributed by atoms with Gasteiger partial charge < -0.3 is 0 Å². The fourth-order valence-corrected chi connectivity index (χ4v) is 5.80. The van der Waals surface area contributed by atoms with Gasteiger partial charge in [0.2, 0.25) is 0 Å². The standard InChI is InChI=1S/C10H18Si2/c1-9-5-7-10(8-6-9)12(4)11(2)3/h5-8,11-12H,1-4H3. The first-order valence-electron chi connectivity index (χ1n) is 4.68. The molecule has 0 fully saturated rings. The Morgan fingerprint density at radius 1 is 0.917 bits per heavy atom. The van der Waals surface area contributed by atoms with Crippen molar-refractivity contribution >= 4 is 21.8 Å². The molecule has 0 radical (unpaired) electrons. The van der Waals surface area contributed by atoms with E-state index in [1.54, 1.807) is 5.19 Å². The van der Waals surface area contributed by atoms with E-state index < -0.39 is 8.31 Å². The van der Waals surface area contributed by atoms with Crippen LogP contribution in [0.3, 0.4) is 0 Å². The Morgan fingerprint density at radius 3 is 1.83 bits per heavy atom. The van der Waals surface area contributed by atoms with E-state index in [9.17, 15) is 0 Å². The molecule has 12 heavy (non-hydrogen) atoms. The van der Waals surface area contributed by atoms with Crippen LogP contribution in [0.15, 0.2) is 24.3 Å². The lowest BCUT2D eigenvalue weighted by molar-refractivity contribution is 1.49. The molecule has 0 spiro atoms. The van der Waals surface area contributed by atoms with Gasteiger partial charge in [-0.05, 0) is 6.92 Å². The molecule has 1 atom stereocenters. The van der Waals surface area contributed by atoms with Crippen molar-refractivity contribution in [1.82, 2.24) is 0 Å². The average Bonchev–Trinajstić information content (AvgIpc) is 2.04. The maximum absolute atomic E-state index is 2.49. The van der Waals surface area contributed by atoms with E-state index >= 15 is 0 Å². The Hall–Kier alpha value is -0.346. The maximum Gasteiger partial charge on any atom is 0.0579 e. The Kier molecular flexibility index (Phi) is 3.29. The zero-order valence-corrected chi connectivity index (χ0v) is 10.8. The number of rotatable bonds is 2. The van der Waals surface area contributed by atoms with Gasteiger partial charge in [-0.3, -0.25) is 0 Å². The summed E-state index contributed by atoms with van der Waals surface area (Å²) in [5.41, 5.74) is 1.38. The van der Waals surface area contributed by atoms with Gasteiger partial charge in [-0.2, -0.15) is 0 Å². The molecule has 0 N–H and O–H groups in total. The van der Waals surface area contributed by atoms with Crippen molar-refractivity contribution < 1.29 is 0 Å². The van der Waals surface area contributed by atoms with Crippen LogP contribution in [0.2, 0.25) is 19.6 Å². The summed E-state index contributed by atoms with van der Waals surface area (Å²) in [4.78, 5) is 0. The second kappa shape index (κ2) is 4.05. The molecule has 1 rings (SSSR count). The van der Waals surface area contributed by atoms with E-state index in [4.69, 9.17) is 0 Å². The number of benzene rings is 1. The maximum atomic E-state index is 2.49. The molecule has 0 aliphatic carbocycles. The van der Waals surface area contributed by atoms with Gasteiger partial charge in [-0.25, -0.2) is 0 Å². The summed E-state index contributed by atoms with van der Waals surface area (Å²) < 4.78 is 0. The van der Waals surface area contributed by atoms with E-state index in [-0.39, 0.29) is 8.31 Å². The van der Waals surface area contributed by atoms with Crippen molar-refractivity contribution in [2.75, 3.05) is 0 Å². The Labute approximate surface area is 78.6 Å². The normalized spacial score (nSPS) is 13.4. The first-order valence-corrected chi connectivity index (χ1v) is 11.4. The monoisotopic (exact) mass is 194 g/mol. The smallest absolute Gasteiger partial charge is 0.0579 e. The third-order valence-corrected chi connectivity index (χ3v) is 13.2. The van der Waals surface area contributed by atoms with Gasteiger partial charge in [-0.15, -0.1) is 0 Å². The fourth-order valence-electron chi connectivity index (χ4n) is 1.25. The van der Waals surface area contributed by atoms with E-state index in [0.29, 0.717) is 0 Å². The summed E-state index contributed by atoms with van der Waals surface area (Å²) >= 11 is 0. The summed E-state index contributed by atoms with van der Waals surface area (Å²) in [7, 11) is -0.884. The molecule has 0 aliphatic heterocycles. The average molecular weight is 194 g/mol. The predicted octanol–water partition coefficient (Wildman–Crippen LogP) is 1.62. The van der Waals surface area contributed by atoms with Crippen molar-refractivity contribution in [3.8, 4) is 0 Å². The molecule has 2 heteroatoms. The molecule has 66 valence electrons. The molecule has 0 saturated heterocycles. The van der Waals surface area contributed by atoms with Crippen molar-refractivity contribution in [1.29, 1.82) is 0 Å². The topological polar surface area (TPSA) is 0 Å². The van der Waals surface area contributed by atoms with Crippen molar-refractivity contribution in [3.05, 3.63) is 29.8 Å². The lowest BCUT2D eigenvalue weighted by Gasteiger charge is -2.12.